The zero-order valence-corrected chi connectivity index (χ0v) is 11.4. The lowest BCUT2D eigenvalue weighted by Gasteiger charge is -2.10. The van der Waals surface area contributed by atoms with E-state index in [1.165, 1.54) is 12.1 Å². The molecule has 1 heterocycles. The van der Waals surface area contributed by atoms with Gasteiger partial charge in [0.05, 0.1) is 0 Å². The molecule has 0 amide bonds. The van der Waals surface area contributed by atoms with Crippen LogP contribution in [0.5, 0.6) is 5.75 Å². The fraction of sp³-hybridized carbons (Fsp3) is 0.188. The number of H-pyrrole nitrogens is 1. The summed E-state index contributed by atoms with van der Waals surface area (Å²) in [5.74, 6) is 0.233. The fourth-order valence-corrected chi connectivity index (χ4v) is 2.22. The molecule has 4 nitrogen and oxygen atoms in total. The van der Waals surface area contributed by atoms with Gasteiger partial charge in [0.25, 0.3) is 0 Å². The third kappa shape index (κ3) is 3.20. The number of aliphatic hydroxyl groups is 1. The van der Waals surface area contributed by atoms with E-state index in [0.29, 0.717) is 12.3 Å². The summed E-state index contributed by atoms with van der Waals surface area (Å²) in [5.41, 5.74) is 2.04. The molecule has 1 unspecified atom stereocenters. The zero-order chi connectivity index (χ0) is 14.7. The number of rotatable bonds is 5. The smallest absolute Gasteiger partial charge is 0.242 e. The molecule has 21 heavy (non-hydrogen) atoms. The molecular weight excluding hydrogens is 271 g/mol. The largest absolute Gasteiger partial charge is 0.491 e. The Morgan fingerprint density at radius 3 is 2.71 bits per heavy atom. The van der Waals surface area contributed by atoms with Crippen LogP contribution in [0.3, 0.4) is 0 Å². The van der Waals surface area contributed by atoms with Crippen molar-refractivity contribution in [2.24, 2.45) is 0 Å². The molecule has 0 bridgehead atoms. The number of hydrogen-bond acceptors (Lipinski definition) is 2. The molecule has 3 aromatic rings. The van der Waals surface area contributed by atoms with Crippen LogP contribution in [0.1, 0.15) is 0 Å². The molecule has 0 radical (unpaired) electrons. The number of hydrogen-bond donors (Lipinski definition) is 2. The highest BCUT2D eigenvalue weighted by molar-refractivity contribution is 5.70. The summed E-state index contributed by atoms with van der Waals surface area (Å²) in [4.78, 5) is 3.14. The van der Waals surface area contributed by atoms with Gasteiger partial charge in [0.15, 0.2) is 11.0 Å². The molecule has 2 N–H and O–H groups in total. The molecule has 0 fully saturated rings. The van der Waals surface area contributed by atoms with Gasteiger partial charge in [0.2, 0.25) is 6.33 Å². The van der Waals surface area contributed by atoms with E-state index in [1.54, 1.807) is 12.1 Å². The Balaban J connectivity index is 1.61. The van der Waals surface area contributed by atoms with E-state index >= 15 is 0 Å². The highest BCUT2D eigenvalue weighted by atomic mass is 19.1. The summed E-state index contributed by atoms with van der Waals surface area (Å²) in [6.07, 6.45) is 1.17. The first-order valence-corrected chi connectivity index (χ1v) is 6.74. The summed E-state index contributed by atoms with van der Waals surface area (Å²) in [5, 5.41) is 10.1. The number of ether oxygens (including phenoxy) is 1. The number of para-hydroxylation sites is 2. The lowest BCUT2D eigenvalue weighted by molar-refractivity contribution is -0.678. The lowest BCUT2D eigenvalue weighted by atomic mass is 10.3. The number of aromatic amines is 1. The van der Waals surface area contributed by atoms with Gasteiger partial charge in [0.1, 0.15) is 30.8 Å². The molecule has 5 heteroatoms. The van der Waals surface area contributed by atoms with Crippen LogP contribution in [0.2, 0.25) is 0 Å². The van der Waals surface area contributed by atoms with Crippen LogP contribution in [-0.2, 0) is 6.54 Å². The maximum Gasteiger partial charge on any atom is 0.242 e. The SMILES string of the molecule is OC(COc1ccc(F)cc1)C[n+]1c[nH]c2ccccc21. The first kappa shape index (κ1) is 13.6. The molecule has 3 rings (SSSR count). The third-order valence-corrected chi connectivity index (χ3v) is 3.25. The van der Waals surface area contributed by atoms with E-state index in [0.717, 1.165) is 11.0 Å². The first-order chi connectivity index (χ1) is 10.2. The molecule has 108 valence electrons. The maximum atomic E-state index is 12.8. The topological polar surface area (TPSA) is 49.1 Å². The number of nitrogens with zero attached hydrogens (tertiary/aromatic N) is 1. The van der Waals surface area contributed by atoms with Crippen molar-refractivity contribution < 1.29 is 18.8 Å². The van der Waals surface area contributed by atoms with E-state index < -0.39 is 6.10 Å². The molecule has 0 aliphatic carbocycles. The Morgan fingerprint density at radius 1 is 1.14 bits per heavy atom. The average molecular weight is 287 g/mol. The minimum atomic E-state index is -0.653. The van der Waals surface area contributed by atoms with Crippen molar-refractivity contribution in [1.29, 1.82) is 0 Å². The Labute approximate surface area is 121 Å². The van der Waals surface area contributed by atoms with Crippen LogP contribution < -0.4 is 9.30 Å². The van der Waals surface area contributed by atoms with Gasteiger partial charge in [-0.25, -0.2) is 13.9 Å². The van der Waals surface area contributed by atoms with Crippen LogP contribution in [-0.4, -0.2) is 22.8 Å². The molecule has 0 aliphatic rings. The quantitative estimate of drug-likeness (QED) is 0.705. The first-order valence-electron chi connectivity index (χ1n) is 6.74. The van der Waals surface area contributed by atoms with E-state index in [2.05, 4.69) is 4.98 Å². The predicted octanol–water partition coefficient (Wildman–Crippen LogP) is 2.03. The fourth-order valence-electron chi connectivity index (χ4n) is 2.22. The van der Waals surface area contributed by atoms with Gasteiger partial charge in [-0.2, -0.15) is 0 Å². The molecule has 0 spiro atoms. The lowest BCUT2D eigenvalue weighted by Crippen LogP contribution is -2.40. The van der Waals surface area contributed by atoms with Gasteiger partial charge in [-0.1, -0.05) is 12.1 Å². The van der Waals surface area contributed by atoms with Crippen molar-refractivity contribution >= 4 is 11.0 Å². The summed E-state index contributed by atoms with van der Waals surface area (Å²) < 4.78 is 20.2. The monoisotopic (exact) mass is 287 g/mol. The van der Waals surface area contributed by atoms with Crippen LogP contribution >= 0.6 is 0 Å². The van der Waals surface area contributed by atoms with Gasteiger partial charge in [-0.15, -0.1) is 0 Å². The van der Waals surface area contributed by atoms with Gasteiger partial charge < -0.3 is 9.84 Å². The molecule has 0 saturated heterocycles. The van der Waals surface area contributed by atoms with Gasteiger partial charge in [0, 0.05) is 0 Å². The number of imidazole rings is 1. The van der Waals surface area contributed by atoms with Crippen LogP contribution in [0.25, 0.3) is 11.0 Å². The van der Waals surface area contributed by atoms with E-state index in [4.69, 9.17) is 4.74 Å². The van der Waals surface area contributed by atoms with Crippen LogP contribution in [0.15, 0.2) is 54.9 Å². The van der Waals surface area contributed by atoms with Crippen molar-refractivity contribution in [3.63, 3.8) is 0 Å². The Hall–Kier alpha value is -2.40. The summed E-state index contributed by atoms with van der Waals surface area (Å²) in [7, 11) is 0. The second-order valence-corrected chi connectivity index (χ2v) is 4.86. The van der Waals surface area contributed by atoms with Crippen LogP contribution in [0.4, 0.5) is 4.39 Å². The molecule has 2 aromatic carbocycles. The van der Waals surface area contributed by atoms with Crippen molar-refractivity contribution in [1.82, 2.24) is 4.98 Å². The van der Waals surface area contributed by atoms with E-state index in [9.17, 15) is 9.50 Å². The van der Waals surface area contributed by atoms with Crippen molar-refractivity contribution in [3.8, 4) is 5.75 Å². The van der Waals surface area contributed by atoms with Gasteiger partial charge in [-0.3, -0.25) is 0 Å². The number of benzene rings is 2. The number of fused-ring (bicyclic) bond motifs is 1. The van der Waals surface area contributed by atoms with Crippen molar-refractivity contribution in [3.05, 3.63) is 60.7 Å². The van der Waals surface area contributed by atoms with Gasteiger partial charge >= 0.3 is 0 Å². The molecular formula is C16H16FN2O2+. The molecule has 0 saturated carbocycles. The molecule has 1 aromatic heterocycles. The van der Waals surface area contributed by atoms with Gasteiger partial charge in [-0.05, 0) is 36.4 Å². The summed E-state index contributed by atoms with van der Waals surface area (Å²) >= 11 is 0. The number of aliphatic hydroxyl groups excluding tert-OH is 1. The van der Waals surface area contributed by atoms with Crippen molar-refractivity contribution in [2.75, 3.05) is 6.61 Å². The van der Waals surface area contributed by atoms with Crippen molar-refractivity contribution in [2.45, 2.75) is 12.6 Å². The maximum absolute atomic E-state index is 12.8. The normalized spacial score (nSPS) is 12.5. The van der Waals surface area contributed by atoms with E-state index in [-0.39, 0.29) is 12.4 Å². The Bertz CT molecular complexity index is 724. The summed E-state index contributed by atoms with van der Waals surface area (Å²) in [6, 6.07) is 13.6. The highest BCUT2D eigenvalue weighted by Gasteiger charge is 2.14. The minimum absolute atomic E-state index is 0.151. The van der Waals surface area contributed by atoms with Crippen LogP contribution in [0, 0.1) is 5.82 Å². The second kappa shape index (κ2) is 5.93. The standard InChI is InChI=1S/C16H15FN2O2/c17-12-5-7-14(8-6-12)21-10-13(20)9-19-11-18-15-3-1-2-4-16(15)19/h1-8,11,13,20H,9-10H2/p+1. The zero-order valence-electron chi connectivity index (χ0n) is 11.4. The highest BCUT2D eigenvalue weighted by Crippen LogP contribution is 2.11. The number of nitrogens with one attached hydrogen (secondary N) is 1. The molecule has 0 aliphatic heterocycles. The predicted molar refractivity (Wildman–Crippen MR) is 76.4 cm³/mol. The number of aromatic nitrogens is 2. The number of halogens is 1. The van der Waals surface area contributed by atoms with E-state index in [1.807, 2.05) is 35.2 Å². The average Bonchev–Trinajstić information content (AvgIpc) is 2.90. The third-order valence-electron chi connectivity index (χ3n) is 3.25. The molecule has 1 atom stereocenters. The Kier molecular flexibility index (Phi) is 3.83. The second-order valence-electron chi connectivity index (χ2n) is 4.86. The minimum Gasteiger partial charge on any atom is -0.491 e. The summed E-state index contributed by atoms with van der Waals surface area (Å²) in [6.45, 7) is 0.573. The Morgan fingerprint density at radius 2 is 1.90 bits per heavy atom.